The van der Waals surface area contributed by atoms with Gasteiger partial charge in [0.2, 0.25) is 10.0 Å². The van der Waals surface area contributed by atoms with Gasteiger partial charge in [-0.2, -0.15) is 0 Å². The van der Waals surface area contributed by atoms with E-state index in [0.29, 0.717) is 24.6 Å². The minimum atomic E-state index is -3.40. The largest absolute Gasteiger partial charge is 0.269 e. The zero-order chi connectivity index (χ0) is 14.8. The fraction of sp³-hybridized carbons (Fsp3) is 0.538. The molecular weight excluding hydrogens is 280 g/mol. The van der Waals surface area contributed by atoms with E-state index in [4.69, 9.17) is 0 Å². The molecule has 0 radical (unpaired) electrons. The van der Waals surface area contributed by atoms with Gasteiger partial charge in [-0.05, 0) is 24.3 Å². The molecule has 1 aliphatic rings. The highest BCUT2D eigenvalue weighted by molar-refractivity contribution is 7.88. The quantitative estimate of drug-likeness (QED) is 0.630. The first kappa shape index (κ1) is 14.9. The minimum Gasteiger partial charge on any atom is -0.258 e. The van der Waals surface area contributed by atoms with E-state index in [1.165, 1.54) is 22.5 Å². The Morgan fingerprint density at radius 2 is 2.20 bits per heavy atom. The van der Waals surface area contributed by atoms with Gasteiger partial charge in [-0.15, -0.1) is 0 Å². The molecule has 2 rings (SSSR count). The summed E-state index contributed by atoms with van der Waals surface area (Å²) in [6, 6.07) is 5.81. The Morgan fingerprint density at radius 3 is 2.85 bits per heavy atom. The van der Waals surface area contributed by atoms with Crippen molar-refractivity contribution in [1.82, 2.24) is 4.31 Å². The molecule has 1 heterocycles. The molecule has 0 amide bonds. The zero-order valence-electron chi connectivity index (χ0n) is 11.4. The second-order valence-electron chi connectivity index (χ2n) is 5.29. The lowest BCUT2D eigenvalue weighted by Gasteiger charge is -2.30. The number of benzene rings is 1. The predicted molar refractivity (Wildman–Crippen MR) is 75.7 cm³/mol. The van der Waals surface area contributed by atoms with Gasteiger partial charge < -0.3 is 0 Å². The second-order valence-corrected chi connectivity index (χ2v) is 7.26. The third-order valence-corrected chi connectivity index (χ3v) is 5.30. The van der Waals surface area contributed by atoms with Gasteiger partial charge in [-0.25, -0.2) is 12.7 Å². The van der Waals surface area contributed by atoms with Crippen LogP contribution in [-0.4, -0.2) is 30.7 Å². The molecule has 0 bridgehead atoms. The van der Waals surface area contributed by atoms with Crippen molar-refractivity contribution in [2.45, 2.75) is 25.5 Å². The fourth-order valence-corrected chi connectivity index (χ4v) is 4.13. The van der Waals surface area contributed by atoms with E-state index in [-0.39, 0.29) is 11.4 Å². The highest BCUT2D eigenvalue weighted by Crippen LogP contribution is 2.22. The third-order valence-electron chi connectivity index (χ3n) is 3.48. The predicted octanol–water partition coefficient (Wildman–Crippen LogP) is 2.16. The highest BCUT2D eigenvalue weighted by atomic mass is 32.2. The van der Waals surface area contributed by atoms with E-state index in [9.17, 15) is 18.5 Å². The first-order valence-electron chi connectivity index (χ1n) is 6.59. The standard InChI is InChI=1S/C13H18N2O4S/c1-11-4-3-7-14(9-11)20(18,19)10-12-5-2-6-13(8-12)15(16)17/h2,5-6,8,11H,3-4,7,9-10H2,1H3. The Morgan fingerprint density at radius 1 is 1.45 bits per heavy atom. The van der Waals surface area contributed by atoms with Crippen molar-refractivity contribution in [3.63, 3.8) is 0 Å². The molecule has 20 heavy (non-hydrogen) atoms. The molecule has 6 nitrogen and oxygen atoms in total. The molecule has 1 aromatic carbocycles. The van der Waals surface area contributed by atoms with Crippen molar-refractivity contribution in [3.8, 4) is 0 Å². The van der Waals surface area contributed by atoms with E-state index in [2.05, 4.69) is 0 Å². The smallest absolute Gasteiger partial charge is 0.258 e. The monoisotopic (exact) mass is 298 g/mol. The maximum absolute atomic E-state index is 12.3. The third kappa shape index (κ3) is 3.55. The van der Waals surface area contributed by atoms with Crippen LogP contribution in [0.2, 0.25) is 0 Å². The molecule has 0 spiro atoms. The number of rotatable bonds is 4. The lowest BCUT2D eigenvalue weighted by molar-refractivity contribution is -0.384. The van der Waals surface area contributed by atoms with Crippen LogP contribution in [0.5, 0.6) is 0 Å². The summed E-state index contributed by atoms with van der Waals surface area (Å²) in [5, 5.41) is 10.7. The first-order valence-corrected chi connectivity index (χ1v) is 8.20. The molecule has 1 saturated heterocycles. The van der Waals surface area contributed by atoms with Crippen LogP contribution < -0.4 is 0 Å². The topological polar surface area (TPSA) is 80.5 Å². The first-order chi connectivity index (χ1) is 9.38. The Labute approximate surface area is 118 Å². The van der Waals surface area contributed by atoms with Gasteiger partial charge in [0.25, 0.3) is 5.69 Å². The summed E-state index contributed by atoms with van der Waals surface area (Å²) in [7, 11) is -3.40. The number of hydrogen-bond acceptors (Lipinski definition) is 4. The van der Waals surface area contributed by atoms with Crippen LogP contribution in [0.4, 0.5) is 5.69 Å². The molecule has 0 aromatic heterocycles. The van der Waals surface area contributed by atoms with Gasteiger partial charge in [-0.1, -0.05) is 19.1 Å². The Kier molecular flexibility index (Phi) is 4.39. The van der Waals surface area contributed by atoms with Crippen molar-refractivity contribution >= 4 is 15.7 Å². The molecule has 7 heteroatoms. The summed E-state index contributed by atoms with van der Waals surface area (Å²) in [4.78, 5) is 10.2. The number of nitro groups is 1. The van der Waals surface area contributed by atoms with Crippen LogP contribution in [0, 0.1) is 16.0 Å². The van der Waals surface area contributed by atoms with Crippen molar-refractivity contribution in [2.24, 2.45) is 5.92 Å². The average Bonchev–Trinajstić information content (AvgIpc) is 2.38. The summed E-state index contributed by atoms with van der Waals surface area (Å²) < 4.78 is 26.2. The number of non-ortho nitro benzene ring substituents is 1. The Bertz CT molecular complexity index is 600. The maximum Gasteiger partial charge on any atom is 0.269 e. The Balaban J connectivity index is 2.15. The van der Waals surface area contributed by atoms with Crippen LogP contribution in [0.1, 0.15) is 25.3 Å². The van der Waals surface area contributed by atoms with Crippen LogP contribution in [0.25, 0.3) is 0 Å². The highest BCUT2D eigenvalue weighted by Gasteiger charge is 2.27. The zero-order valence-corrected chi connectivity index (χ0v) is 12.2. The van der Waals surface area contributed by atoms with Gasteiger partial charge >= 0.3 is 0 Å². The normalized spacial score (nSPS) is 20.8. The summed E-state index contributed by atoms with van der Waals surface area (Å²) in [5.74, 6) is 0.185. The number of nitrogens with zero attached hydrogens (tertiary/aromatic N) is 2. The number of piperidine rings is 1. The van der Waals surface area contributed by atoms with Gasteiger partial charge in [0.05, 0.1) is 10.7 Å². The fourth-order valence-electron chi connectivity index (χ4n) is 2.46. The minimum absolute atomic E-state index is 0.0790. The average molecular weight is 298 g/mol. The summed E-state index contributed by atoms with van der Waals surface area (Å²) in [5.41, 5.74) is 0.377. The van der Waals surface area contributed by atoms with E-state index in [0.717, 1.165) is 12.8 Å². The van der Waals surface area contributed by atoms with Crippen molar-refractivity contribution in [1.29, 1.82) is 0 Å². The number of sulfonamides is 1. The van der Waals surface area contributed by atoms with Crippen molar-refractivity contribution in [3.05, 3.63) is 39.9 Å². The van der Waals surface area contributed by atoms with Crippen LogP contribution in [0.3, 0.4) is 0 Å². The van der Waals surface area contributed by atoms with E-state index in [1.54, 1.807) is 6.07 Å². The van der Waals surface area contributed by atoms with Crippen LogP contribution >= 0.6 is 0 Å². The molecule has 0 aliphatic carbocycles. The van der Waals surface area contributed by atoms with E-state index >= 15 is 0 Å². The van der Waals surface area contributed by atoms with Crippen molar-refractivity contribution in [2.75, 3.05) is 13.1 Å². The summed E-state index contributed by atoms with van der Waals surface area (Å²) in [6.07, 6.45) is 1.91. The summed E-state index contributed by atoms with van der Waals surface area (Å²) >= 11 is 0. The molecule has 1 aliphatic heterocycles. The molecule has 1 aromatic rings. The molecular formula is C13H18N2O4S. The molecule has 0 N–H and O–H groups in total. The lowest BCUT2D eigenvalue weighted by atomic mass is 10.0. The summed E-state index contributed by atoms with van der Waals surface area (Å²) in [6.45, 7) is 3.12. The molecule has 1 atom stereocenters. The molecule has 110 valence electrons. The number of nitro benzene ring substituents is 1. The van der Waals surface area contributed by atoms with E-state index < -0.39 is 14.9 Å². The van der Waals surface area contributed by atoms with Gasteiger partial charge in [0.15, 0.2) is 0 Å². The van der Waals surface area contributed by atoms with Crippen LogP contribution in [0.15, 0.2) is 24.3 Å². The second kappa shape index (κ2) is 5.88. The van der Waals surface area contributed by atoms with E-state index in [1.807, 2.05) is 6.92 Å². The lowest BCUT2D eigenvalue weighted by Crippen LogP contribution is -2.39. The SMILES string of the molecule is CC1CCCN(S(=O)(=O)Cc2cccc([N+](=O)[O-])c2)C1. The van der Waals surface area contributed by atoms with Gasteiger partial charge in [0, 0.05) is 25.2 Å². The van der Waals surface area contributed by atoms with Gasteiger partial charge in [-0.3, -0.25) is 10.1 Å². The molecule has 0 saturated carbocycles. The van der Waals surface area contributed by atoms with Crippen molar-refractivity contribution < 1.29 is 13.3 Å². The van der Waals surface area contributed by atoms with Gasteiger partial charge in [0.1, 0.15) is 0 Å². The van der Waals surface area contributed by atoms with Crippen LogP contribution in [-0.2, 0) is 15.8 Å². The maximum atomic E-state index is 12.3. The number of hydrogen-bond donors (Lipinski definition) is 0. The molecule has 1 fully saturated rings. The Hall–Kier alpha value is -1.47. The molecule has 1 unspecified atom stereocenters.